The fourth-order valence-electron chi connectivity index (χ4n) is 2.23. The van der Waals surface area contributed by atoms with Crippen LogP contribution in [0, 0.1) is 5.82 Å². The quantitative estimate of drug-likeness (QED) is 0.798. The van der Waals surface area contributed by atoms with Gasteiger partial charge in [0.1, 0.15) is 5.82 Å². The van der Waals surface area contributed by atoms with Crippen molar-refractivity contribution in [2.75, 3.05) is 5.32 Å². The Bertz CT molecular complexity index is 615. The molecule has 1 N–H and O–H groups in total. The van der Waals surface area contributed by atoms with Gasteiger partial charge in [-0.1, -0.05) is 59.6 Å². The van der Waals surface area contributed by atoms with Crippen molar-refractivity contribution in [3.8, 4) is 0 Å². The Balaban J connectivity index is 2.19. The van der Waals surface area contributed by atoms with E-state index in [0.29, 0.717) is 4.47 Å². The van der Waals surface area contributed by atoms with E-state index in [1.807, 2.05) is 37.3 Å². The van der Waals surface area contributed by atoms with Gasteiger partial charge in [-0.05, 0) is 30.2 Å². The monoisotopic (exact) mass is 349 g/mol. The number of rotatable bonds is 5. The van der Waals surface area contributed by atoms with Gasteiger partial charge in [-0.2, -0.15) is 0 Å². The Labute approximate surface area is 132 Å². The lowest BCUT2D eigenvalue weighted by Gasteiger charge is -2.17. The maximum atomic E-state index is 13.8. The predicted molar refractivity (Wildman–Crippen MR) is 86.8 cm³/mol. The fraction of sp³-hybridized carbons (Fsp3) is 0.235. The topological polar surface area (TPSA) is 29.1 Å². The average Bonchev–Trinajstić information content (AvgIpc) is 2.48. The number of carbonyl (C=O) groups is 1. The molecule has 0 aliphatic rings. The Morgan fingerprint density at radius 2 is 1.95 bits per heavy atom. The summed E-state index contributed by atoms with van der Waals surface area (Å²) in [7, 11) is 0. The molecule has 4 heteroatoms. The van der Waals surface area contributed by atoms with Crippen molar-refractivity contribution in [3.05, 3.63) is 64.4 Å². The van der Waals surface area contributed by atoms with E-state index < -0.39 is 5.82 Å². The number of amides is 1. The molecule has 0 aliphatic carbocycles. The van der Waals surface area contributed by atoms with E-state index in [-0.39, 0.29) is 17.5 Å². The summed E-state index contributed by atoms with van der Waals surface area (Å²) >= 11 is 3.20. The molecule has 2 aromatic carbocycles. The molecule has 0 radical (unpaired) electrons. The van der Waals surface area contributed by atoms with E-state index in [2.05, 4.69) is 21.2 Å². The van der Waals surface area contributed by atoms with Crippen LogP contribution in [0.25, 0.3) is 0 Å². The molecule has 1 atom stereocenters. The van der Waals surface area contributed by atoms with Gasteiger partial charge in [0.25, 0.3) is 0 Å². The summed E-state index contributed by atoms with van der Waals surface area (Å²) in [4.78, 5) is 12.5. The van der Waals surface area contributed by atoms with Crippen molar-refractivity contribution < 1.29 is 9.18 Å². The van der Waals surface area contributed by atoms with Crippen molar-refractivity contribution in [1.29, 1.82) is 0 Å². The molecule has 0 spiro atoms. The summed E-state index contributed by atoms with van der Waals surface area (Å²) in [5.74, 6) is -0.885. The Hall–Kier alpha value is -1.68. The van der Waals surface area contributed by atoms with Gasteiger partial charge >= 0.3 is 0 Å². The zero-order valence-electron chi connectivity index (χ0n) is 11.8. The highest BCUT2D eigenvalue weighted by molar-refractivity contribution is 9.10. The van der Waals surface area contributed by atoms with Crippen molar-refractivity contribution >= 4 is 27.5 Å². The summed E-state index contributed by atoms with van der Waals surface area (Å²) in [6.45, 7) is 2.03. The van der Waals surface area contributed by atoms with Crippen LogP contribution in [0.2, 0.25) is 0 Å². The van der Waals surface area contributed by atoms with Crippen molar-refractivity contribution in [2.24, 2.45) is 0 Å². The standard InChI is InChI=1S/C17H17BrFNO/c1-2-6-14(12-7-4-3-5-8-12)17(21)20-16-10-9-13(18)11-15(16)19/h3-5,7-11,14H,2,6H2,1H3,(H,20,21)/t14-/m1/s1. The van der Waals surface area contributed by atoms with Crippen LogP contribution in [0.3, 0.4) is 0 Å². The van der Waals surface area contributed by atoms with Gasteiger partial charge < -0.3 is 5.32 Å². The van der Waals surface area contributed by atoms with Crippen LogP contribution in [0.15, 0.2) is 53.0 Å². The van der Waals surface area contributed by atoms with E-state index >= 15 is 0 Å². The first kappa shape index (κ1) is 15.7. The lowest BCUT2D eigenvalue weighted by molar-refractivity contribution is -0.117. The Morgan fingerprint density at radius 1 is 1.24 bits per heavy atom. The van der Waals surface area contributed by atoms with Crippen LogP contribution in [-0.2, 0) is 4.79 Å². The fourth-order valence-corrected chi connectivity index (χ4v) is 2.57. The summed E-state index contributed by atoms with van der Waals surface area (Å²) in [5, 5.41) is 2.69. The molecule has 0 aromatic heterocycles. The van der Waals surface area contributed by atoms with Gasteiger partial charge in [0.15, 0.2) is 0 Å². The van der Waals surface area contributed by atoms with E-state index in [0.717, 1.165) is 18.4 Å². The van der Waals surface area contributed by atoms with Crippen LogP contribution < -0.4 is 5.32 Å². The van der Waals surface area contributed by atoms with Crippen LogP contribution in [0.5, 0.6) is 0 Å². The van der Waals surface area contributed by atoms with Gasteiger partial charge in [0.2, 0.25) is 5.91 Å². The number of nitrogens with one attached hydrogen (secondary N) is 1. The molecule has 0 fully saturated rings. The minimum Gasteiger partial charge on any atom is -0.323 e. The highest BCUT2D eigenvalue weighted by Crippen LogP contribution is 2.25. The van der Waals surface area contributed by atoms with Gasteiger partial charge in [-0.15, -0.1) is 0 Å². The van der Waals surface area contributed by atoms with E-state index in [1.165, 1.54) is 6.07 Å². The zero-order chi connectivity index (χ0) is 15.2. The van der Waals surface area contributed by atoms with Crippen molar-refractivity contribution in [2.45, 2.75) is 25.7 Å². The third-order valence-electron chi connectivity index (χ3n) is 3.28. The minimum absolute atomic E-state index is 0.177. The molecule has 2 nitrogen and oxygen atoms in total. The second-order valence-electron chi connectivity index (χ2n) is 4.87. The summed E-state index contributed by atoms with van der Waals surface area (Å²) in [6.07, 6.45) is 1.61. The molecule has 0 bridgehead atoms. The van der Waals surface area contributed by atoms with E-state index in [9.17, 15) is 9.18 Å². The highest BCUT2D eigenvalue weighted by Gasteiger charge is 2.20. The third kappa shape index (κ3) is 4.14. The second kappa shape index (κ2) is 7.36. The number of hydrogen-bond donors (Lipinski definition) is 1. The normalized spacial score (nSPS) is 12.0. The maximum Gasteiger partial charge on any atom is 0.231 e. The van der Waals surface area contributed by atoms with Gasteiger partial charge in [0.05, 0.1) is 11.6 Å². The first-order valence-electron chi connectivity index (χ1n) is 6.92. The van der Waals surface area contributed by atoms with E-state index in [1.54, 1.807) is 12.1 Å². The lowest BCUT2D eigenvalue weighted by atomic mass is 9.93. The number of anilines is 1. The second-order valence-corrected chi connectivity index (χ2v) is 5.78. The number of halogens is 2. The summed E-state index contributed by atoms with van der Waals surface area (Å²) < 4.78 is 14.5. The van der Waals surface area contributed by atoms with E-state index in [4.69, 9.17) is 0 Å². The molecule has 0 unspecified atom stereocenters. The number of carbonyl (C=O) groups excluding carboxylic acids is 1. The van der Waals surface area contributed by atoms with Crippen LogP contribution in [-0.4, -0.2) is 5.91 Å². The number of benzene rings is 2. The van der Waals surface area contributed by atoms with Crippen molar-refractivity contribution in [1.82, 2.24) is 0 Å². The highest BCUT2D eigenvalue weighted by atomic mass is 79.9. The first-order chi connectivity index (χ1) is 10.1. The summed E-state index contributed by atoms with van der Waals surface area (Å²) in [6, 6.07) is 14.2. The van der Waals surface area contributed by atoms with Crippen LogP contribution in [0.1, 0.15) is 31.2 Å². The first-order valence-corrected chi connectivity index (χ1v) is 7.72. The molecule has 2 aromatic rings. The Kier molecular flexibility index (Phi) is 5.51. The SMILES string of the molecule is CCC[C@@H](C(=O)Nc1ccc(Br)cc1F)c1ccccc1. The molecule has 0 aliphatic heterocycles. The molecular formula is C17H17BrFNO. The molecule has 21 heavy (non-hydrogen) atoms. The largest absolute Gasteiger partial charge is 0.323 e. The molecule has 1 amide bonds. The van der Waals surface area contributed by atoms with Crippen molar-refractivity contribution in [3.63, 3.8) is 0 Å². The van der Waals surface area contributed by atoms with Gasteiger partial charge in [0, 0.05) is 4.47 Å². The Morgan fingerprint density at radius 3 is 2.57 bits per heavy atom. The lowest BCUT2D eigenvalue weighted by Crippen LogP contribution is -2.21. The molecule has 0 heterocycles. The molecule has 0 saturated carbocycles. The average molecular weight is 350 g/mol. The van der Waals surface area contributed by atoms with Crippen LogP contribution in [0.4, 0.5) is 10.1 Å². The molecule has 0 saturated heterocycles. The predicted octanol–water partition coefficient (Wildman–Crippen LogP) is 5.11. The third-order valence-corrected chi connectivity index (χ3v) is 3.78. The van der Waals surface area contributed by atoms with Crippen LogP contribution >= 0.6 is 15.9 Å². The molecular weight excluding hydrogens is 333 g/mol. The smallest absolute Gasteiger partial charge is 0.231 e. The van der Waals surface area contributed by atoms with Gasteiger partial charge in [-0.3, -0.25) is 4.79 Å². The number of hydrogen-bond acceptors (Lipinski definition) is 1. The zero-order valence-corrected chi connectivity index (χ0v) is 13.4. The van der Waals surface area contributed by atoms with Gasteiger partial charge in [-0.25, -0.2) is 4.39 Å². The minimum atomic E-state index is -0.443. The molecule has 110 valence electrons. The maximum absolute atomic E-state index is 13.8. The molecule has 2 rings (SSSR count). The summed E-state index contributed by atoms with van der Waals surface area (Å²) in [5.41, 5.74) is 1.16.